The minimum atomic E-state index is -0.149. The lowest BCUT2D eigenvalue weighted by Gasteiger charge is -2.25. The molecule has 5 rings (SSSR count). The number of nitrogens with zero attached hydrogens (tertiary/aromatic N) is 7. The minimum absolute atomic E-state index is 0.0719. The lowest BCUT2D eigenvalue weighted by atomic mass is 10.1. The van der Waals surface area contributed by atoms with Crippen molar-refractivity contribution in [2.75, 3.05) is 19.6 Å². The average Bonchev–Trinajstić information content (AvgIpc) is 3.20. The van der Waals surface area contributed by atoms with E-state index in [0.29, 0.717) is 39.3 Å². The van der Waals surface area contributed by atoms with Crippen molar-refractivity contribution >= 4 is 16.9 Å². The molecular weight excluding hydrogens is 430 g/mol. The summed E-state index contributed by atoms with van der Waals surface area (Å²) in [5.74, 6) is 0.0719. The molecule has 1 atom stereocenters. The Kier molecular flexibility index (Phi) is 6.55. The topological polar surface area (TPSA) is 89.3 Å². The highest BCUT2D eigenvalue weighted by Crippen LogP contribution is 2.19. The van der Waals surface area contributed by atoms with Crippen LogP contribution in [-0.4, -0.2) is 66.2 Å². The third-order valence-electron chi connectivity index (χ3n) is 5.91. The lowest BCUT2D eigenvalue weighted by molar-refractivity contribution is -0.132. The van der Waals surface area contributed by atoms with Gasteiger partial charge in [-0.1, -0.05) is 18.2 Å². The zero-order valence-corrected chi connectivity index (χ0v) is 19.1. The lowest BCUT2D eigenvalue weighted by Crippen LogP contribution is -2.37. The van der Waals surface area contributed by atoms with Crippen LogP contribution in [-0.2, 0) is 36.3 Å². The van der Waals surface area contributed by atoms with Crippen LogP contribution in [0, 0.1) is 0 Å². The molecule has 0 N–H and O–H groups in total. The first kappa shape index (κ1) is 22.1. The standard InChI is InChI=1S/C25H27N7O2/c1-30-12-20(11-29-30)13-32-16-22(34-18-19-4-3-7-26-10-19)15-31(17-24(32)33)14-21-5-2-6-23-25(21)28-9-8-27-23/h2-12,22H,13-18H2,1H3/t22-/m0/s1. The molecule has 4 heterocycles. The van der Waals surface area contributed by atoms with Gasteiger partial charge in [-0.2, -0.15) is 5.10 Å². The summed E-state index contributed by atoms with van der Waals surface area (Å²) in [6.45, 7) is 3.00. The normalized spacial score (nSPS) is 17.3. The molecule has 1 saturated heterocycles. The number of hydrogen-bond acceptors (Lipinski definition) is 7. The first-order chi connectivity index (χ1) is 16.6. The summed E-state index contributed by atoms with van der Waals surface area (Å²) in [6, 6.07) is 9.88. The minimum Gasteiger partial charge on any atom is -0.370 e. The molecule has 3 aromatic heterocycles. The van der Waals surface area contributed by atoms with Gasteiger partial charge < -0.3 is 9.64 Å². The second kappa shape index (κ2) is 10.1. The maximum Gasteiger partial charge on any atom is 0.237 e. The molecule has 174 valence electrons. The Balaban J connectivity index is 1.36. The fraction of sp³-hybridized carbons (Fsp3) is 0.320. The van der Waals surface area contributed by atoms with E-state index in [-0.39, 0.29) is 12.0 Å². The van der Waals surface area contributed by atoms with Crippen LogP contribution in [0.15, 0.2) is 67.5 Å². The van der Waals surface area contributed by atoms with Crippen LogP contribution in [0.2, 0.25) is 0 Å². The highest BCUT2D eigenvalue weighted by atomic mass is 16.5. The SMILES string of the molecule is Cn1cc(CN2C[C@@H](OCc3cccnc3)CN(Cc3cccc4nccnc34)CC2=O)cn1. The van der Waals surface area contributed by atoms with Crippen molar-refractivity contribution in [3.63, 3.8) is 0 Å². The van der Waals surface area contributed by atoms with Gasteiger partial charge in [0.15, 0.2) is 0 Å². The van der Waals surface area contributed by atoms with E-state index in [9.17, 15) is 4.79 Å². The van der Waals surface area contributed by atoms with Crippen molar-refractivity contribution in [2.45, 2.75) is 25.8 Å². The van der Waals surface area contributed by atoms with Gasteiger partial charge in [-0.25, -0.2) is 0 Å². The van der Waals surface area contributed by atoms with E-state index < -0.39 is 0 Å². The van der Waals surface area contributed by atoms with Crippen molar-refractivity contribution in [3.8, 4) is 0 Å². The number of fused-ring (bicyclic) bond motifs is 1. The summed E-state index contributed by atoms with van der Waals surface area (Å²) in [6.07, 6.45) is 10.5. The fourth-order valence-electron chi connectivity index (χ4n) is 4.32. The number of carbonyl (C=O) groups excluding carboxylic acids is 1. The number of amides is 1. The number of pyridine rings is 1. The molecule has 1 amide bonds. The summed E-state index contributed by atoms with van der Waals surface area (Å²) < 4.78 is 8.05. The van der Waals surface area contributed by atoms with E-state index in [1.54, 1.807) is 29.5 Å². The molecule has 1 aliphatic heterocycles. The third kappa shape index (κ3) is 5.27. The summed E-state index contributed by atoms with van der Waals surface area (Å²) in [7, 11) is 1.88. The highest BCUT2D eigenvalue weighted by Gasteiger charge is 2.29. The zero-order valence-electron chi connectivity index (χ0n) is 19.1. The Labute approximate surface area is 198 Å². The van der Waals surface area contributed by atoms with Gasteiger partial charge >= 0.3 is 0 Å². The molecule has 9 heteroatoms. The third-order valence-corrected chi connectivity index (χ3v) is 5.91. The van der Waals surface area contributed by atoms with E-state index in [4.69, 9.17) is 4.74 Å². The predicted octanol–water partition coefficient (Wildman–Crippen LogP) is 2.19. The summed E-state index contributed by atoms with van der Waals surface area (Å²) in [5, 5.41) is 4.24. The maximum atomic E-state index is 13.3. The van der Waals surface area contributed by atoms with E-state index in [1.165, 1.54) is 0 Å². The highest BCUT2D eigenvalue weighted by molar-refractivity contribution is 5.79. The molecule has 0 unspecified atom stereocenters. The van der Waals surface area contributed by atoms with Gasteiger partial charge in [0.05, 0.1) is 36.5 Å². The van der Waals surface area contributed by atoms with Gasteiger partial charge in [0.25, 0.3) is 0 Å². The zero-order chi connectivity index (χ0) is 23.3. The molecule has 1 aliphatic rings. The van der Waals surface area contributed by atoms with Crippen LogP contribution in [0.5, 0.6) is 0 Å². The van der Waals surface area contributed by atoms with Crippen LogP contribution in [0.1, 0.15) is 16.7 Å². The predicted molar refractivity (Wildman–Crippen MR) is 126 cm³/mol. The number of carbonyl (C=O) groups is 1. The Bertz CT molecular complexity index is 1260. The Morgan fingerprint density at radius 1 is 1.00 bits per heavy atom. The Hall–Kier alpha value is -3.69. The van der Waals surface area contributed by atoms with Crippen LogP contribution in [0.4, 0.5) is 0 Å². The second-order valence-corrected chi connectivity index (χ2v) is 8.60. The van der Waals surface area contributed by atoms with Gasteiger partial charge in [-0.05, 0) is 23.3 Å². The number of ether oxygens (including phenoxy) is 1. The summed E-state index contributed by atoms with van der Waals surface area (Å²) in [4.78, 5) is 30.4. The smallest absolute Gasteiger partial charge is 0.237 e. The quantitative estimate of drug-likeness (QED) is 0.420. The molecule has 0 spiro atoms. The molecule has 0 radical (unpaired) electrons. The van der Waals surface area contributed by atoms with Gasteiger partial charge in [-0.3, -0.25) is 29.3 Å². The van der Waals surface area contributed by atoms with Crippen LogP contribution < -0.4 is 0 Å². The number of hydrogen-bond donors (Lipinski definition) is 0. The molecule has 34 heavy (non-hydrogen) atoms. The molecule has 0 bridgehead atoms. The molecule has 0 aliphatic carbocycles. The molecule has 0 saturated carbocycles. The Morgan fingerprint density at radius 2 is 1.91 bits per heavy atom. The number of aromatic nitrogens is 5. The molecule has 4 aromatic rings. The molecule has 1 aromatic carbocycles. The van der Waals surface area contributed by atoms with Crippen molar-refractivity contribution in [3.05, 3.63) is 84.2 Å². The molecule has 1 fully saturated rings. The van der Waals surface area contributed by atoms with Crippen molar-refractivity contribution in [1.29, 1.82) is 0 Å². The van der Waals surface area contributed by atoms with Gasteiger partial charge in [0.1, 0.15) is 0 Å². The van der Waals surface area contributed by atoms with Gasteiger partial charge in [0, 0.05) is 69.8 Å². The van der Waals surface area contributed by atoms with E-state index >= 15 is 0 Å². The molecular formula is C25H27N7O2. The van der Waals surface area contributed by atoms with E-state index in [1.807, 2.05) is 54.7 Å². The van der Waals surface area contributed by atoms with Crippen LogP contribution in [0.25, 0.3) is 11.0 Å². The van der Waals surface area contributed by atoms with Crippen molar-refractivity contribution in [2.24, 2.45) is 7.05 Å². The number of rotatable bonds is 7. The van der Waals surface area contributed by atoms with E-state index in [2.05, 4.69) is 25.0 Å². The monoisotopic (exact) mass is 457 g/mol. The van der Waals surface area contributed by atoms with Crippen LogP contribution >= 0.6 is 0 Å². The van der Waals surface area contributed by atoms with Crippen molar-refractivity contribution < 1.29 is 9.53 Å². The number of aryl methyl sites for hydroxylation is 1. The largest absolute Gasteiger partial charge is 0.370 e. The number of para-hydroxylation sites is 1. The first-order valence-electron chi connectivity index (χ1n) is 11.3. The maximum absolute atomic E-state index is 13.3. The van der Waals surface area contributed by atoms with E-state index in [0.717, 1.165) is 27.7 Å². The van der Waals surface area contributed by atoms with Crippen LogP contribution in [0.3, 0.4) is 0 Å². The Morgan fingerprint density at radius 3 is 2.74 bits per heavy atom. The second-order valence-electron chi connectivity index (χ2n) is 8.60. The average molecular weight is 458 g/mol. The number of benzene rings is 1. The summed E-state index contributed by atoms with van der Waals surface area (Å²) in [5.41, 5.74) is 4.77. The first-order valence-corrected chi connectivity index (χ1v) is 11.3. The van der Waals surface area contributed by atoms with Gasteiger partial charge in [-0.15, -0.1) is 0 Å². The van der Waals surface area contributed by atoms with Gasteiger partial charge in [0.2, 0.25) is 5.91 Å². The summed E-state index contributed by atoms with van der Waals surface area (Å²) >= 11 is 0. The van der Waals surface area contributed by atoms with Crippen molar-refractivity contribution in [1.82, 2.24) is 34.5 Å². The fourth-order valence-corrected chi connectivity index (χ4v) is 4.32. The molecule has 9 nitrogen and oxygen atoms in total.